The minimum atomic E-state index is -0.161. The van der Waals surface area contributed by atoms with Gasteiger partial charge in [0.05, 0.1) is 12.7 Å². The average Bonchev–Trinajstić information content (AvgIpc) is 2.43. The average molecular weight is 271 g/mol. The number of hydrogen-bond acceptors (Lipinski definition) is 3. The lowest BCUT2D eigenvalue weighted by Crippen LogP contribution is -2.09. The number of rotatable bonds is 4. The van der Waals surface area contributed by atoms with Crippen molar-refractivity contribution in [2.24, 2.45) is 5.73 Å². The van der Waals surface area contributed by atoms with Gasteiger partial charge in [-0.25, -0.2) is 0 Å². The first-order chi connectivity index (χ1) is 9.54. The van der Waals surface area contributed by atoms with Crippen molar-refractivity contribution in [2.75, 3.05) is 7.11 Å². The molecule has 0 spiro atoms. The van der Waals surface area contributed by atoms with E-state index in [9.17, 15) is 0 Å². The minimum absolute atomic E-state index is 0.161. The van der Waals surface area contributed by atoms with Crippen molar-refractivity contribution in [2.45, 2.75) is 26.8 Å². The van der Waals surface area contributed by atoms with Gasteiger partial charge in [0.25, 0.3) is 0 Å². The SMILES string of the molecule is COc1cccc(Oc2cccc(C)c2C)c1[C@H](C)N. The van der Waals surface area contributed by atoms with Crippen LogP contribution in [0.25, 0.3) is 0 Å². The highest BCUT2D eigenvalue weighted by atomic mass is 16.5. The Balaban J connectivity index is 2.46. The molecule has 0 fully saturated rings. The molecule has 0 aliphatic heterocycles. The molecule has 0 heterocycles. The lowest BCUT2D eigenvalue weighted by Gasteiger charge is -2.18. The highest BCUT2D eigenvalue weighted by Gasteiger charge is 2.15. The quantitative estimate of drug-likeness (QED) is 0.909. The van der Waals surface area contributed by atoms with E-state index in [1.807, 2.05) is 37.3 Å². The molecule has 0 aliphatic rings. The summed E-state index contributed by atoms with van der Waals surface area (Å²) < 4.78 is 11.4. The molecule has 3 nitrogen and oxygen atoms in total. The van der Waals surface area contributed by atoms with Crippen molar-refractivity contribution in [3.05, 3.63) is 53.1 Å². The lowest BCUT2D eigenvalue weighted by molar-refractivity contribution is 0.397. The third-order valence-corrected chi connectivity index (χ3v) is 3.48. The zero-order valence-electron chi connectivity index (χ0n) is 12.4. The summed E-state index contributed by atoms with van der Waals surface area (Å²) in [6, 6.07) is 11.6. The molecule has 2 rings (SSSR count). The maximum Gasteiger partial charge on any atom is 0.135 e. The van der Waals surface area contributed by atoms with Crippen molar-refractivity contribution in [3.8, 4) is 17.2 Å². The predicted octanol–water partition coefficient (Wildman–Crippen LogP) is 4.12. The Morgan fingerprint density at radius 1 is 0.950 bits per heavy atom. The van der Waals surface area contributed by atoms with Gasteiger partial charge in [0.15, 0.2) is 0 Å². The van der Waals surface area contributed by atoms with Crippen LogP contribution in [0.1, 0.15) is 29.7 Å². The second-order valence-electron chi connectivity index (χ2n) is 4.96. The molecular formula is C17H21NO2. The van der Waals surface area contributed by atoms with Crippen LogP contribution >= 0.6 is 0 Å². The molecule has 0 saturated heterocycles. The number of methoxy groups -OCH3 is 1. The molecule has 0 saturated carbocycles. The van der Waals surface area contributed by atoms with Crippen LogP contribution in [0.3, 0.4) is 0 Å². The van der Waals surface area contributed by atoms with Gasteiger partial charge in [-0.3, -0.25) is 0 Å². The zero-order valence-corrected chi connectivity index (χ0v) is 12.4. The fraction of sp³-hybridized carbons (Fsp3) is 0.294. The molecule has 0 bridgehead atoms. The Labute approximate surface area is 120 Å². The molecule has 0 aliphatic carbocycles. The summed E-state index contributed by atoms with van der Waals surface area (Å²) in [4.78, 5) is 0. The summed E-state index contributed by atoms with van der Waals surface area (Å²) in [5.74, 6) is 2.34. The Bertz CT molecular complexity index is 606. The molecule has 2 aromatic carbocycles. The van der Waals surface area contributed by atoms with Crippen molar-refractivity contribution in [1.82, 2.24) is 0 Å². The molecule has 106 valence electrons. The van der Waals surface area contributed by atoms with Crippen LogP contribution in [0, 0.1) is 13.8 Å². The van der Waals surface area contributed by atoms with Crippen LogP contribution in [0.5, 0.6) is 17.2 Å². The fourth-order valence-corrected chi connectivity index (χ4v) is 2.19. The standard InChI is InChI=1S/C17H21NO2/c1-11-7-5-8-14(12(11)2)20-16-10-6-9-15(19-4)17(16)13(3)18/h5-10,13H,18H2,1-4H3/t13-/m0/s1. The van der Waals surface area contributed by atoms with Crippen molar-refractivity contribution < 1.29 is 9.47 Å². The summed E-state index contributed by atoms with van der Waals surface area (Å²) in [5, 5.41) is 0. The summed E-state index contributed by atoms with van der Waals surface area (Å²) in [6.07, 6.45) is 0. The third kappa shape index (κ3) is 2.78. The Hall–Kier alpha value is -2.00. The zero-order chi connectivity index (χ0) is 14.7. The number of aryl methyl sites for hydroxylation is 1. The Morgan fingerprint density at radius 3 is 2.20 bits per heavy atom. The first-order valence-electron chi connectivity index (χ1n) is 6.71. The second kappa shape index (κ2) is 5.97. The van der Waals surface area contributed by atoms with Crippen LogP contribution in [0.2, 0.25) is 0 Å². The molecule has 2 N–H and O–H groups in total. The first kappa shape index (κ1) is 14.4. The van der Waals surface area contributed by atoms with E-state index >= 15 is 0 Å². The van der Waals surface area contributed by atoms with E-state index in [4.69, 9.17) is 15.2 Å². The van der Waals surface area contributed by atoms with Crippen LogP contribution in [0.4, 0.5) is 0 Å². The fourth-order valence-electron chi connectivity index (χ4n) is 2.19. The van der Waals surface area contributed by atoms with Crippen LogP contribution in [-0.4, -0.2) is 7.11 Å². The Kier molecular flexibility index (Phi) is 4.30. The number of benzene rings is 2. The first-order valence-corrected chi connectivity index (χ1v) is 6.71. The third-order valence-electron chi connectivity index (χ3n) is 3.48. The molecule has 0 radical (unpaired) electrons. The van der Waals surface area contributed by atoms with Gasteiger partial charge in [-0.15, -0.1) is 0 Å². The summed E-state index contributed by atoms with van der Waals surface area (Å²) in [7, 11) is 1.64. The highest BCUT2D eigenvalue weighted by molar-refractivity contribution is 5.50. The highest BCUT2D eigenvalue weighted by Crippen LogP contribution is 2.36. The van der Waals surface area contributed by atoms with E-state index in [-0.39, 0.29) is 6.04 Å². The van der Waals surface area contributed by atoms with Gasteiger partial charge in [0, 0.05) is 6.04 Å². The van der Waals surface area contributed by atoms with E-state index in [1.165, 1.54) is 5.56 Å². The molecule has 1 atom stereocenters. The number of hydrogen-bond donors (Lipinski definition) is 1. The topological polar surface area (TPSA) is 44.5 Å². The van der Waals surface area contributed by atoms with E-state index in [0.29, 0.717) is 0 Å². The van der Waals surface area contributed by atoms with Crippen LogP contribution < -0.4 is 15.2 Å². The van der Waals surface area contributed by atoms with Crippen molar-refractivity contribution in [3.63, 3.8) is 0 Å². The minimum Gasteiger partial charge on any atom is -0.496 e. The predicted molar refractivity (Wildman–Crippen MR) is 81.6 cm³/mol. The second-order valence-corrected chi connectivity index (χ2v) is 4.96. The monoisotopic (exact) mass is 271 g/mol. The maximum atomic E-state index is 6.06. The maximum absolute atomic E-state index is 6.06. The van der Waals surface area contributed by atoms with Gasteiger partial charge < -0.3 is 15.2 Å². The molecule has 2 aromatic rings. The van der Waals surface area contributed by atoms with Gasteiger partial charge >= 0.3 is 0 Å². The summed E-state index contributed by atoms with van der Waals surface area (Å²) in [5.41, 5.74) is 9.27. The largest absolute Gasteiger partial charge is 0.496 e. The molecule has 0 aromatic heterocycles. The van der Waals surface area contributed by atoms with Gasteiger partial charge in [-0.1, -0.05) is 18.2 Å². The number of ether oxygens (including phenoxy) is 2. The van der Waals surface area contributed by atoms with Gasteiger partial charge in [-0.05, 0) is 50.1 Å². The summed E-state index contributed by atoms with van der Waals surface area (Å²) >= 11 is 0. The number of nitrogens with two attached hydrogens (primary N) is 1. The molecular weight excluding hydrogens is 250 g/mol. The van der Waals surface area contributed by atoms with Crippen LogP contribution in [0.15, 0.2) is 36.4 Å². The van der Waals surface area contributed by atoms with E-state index < -0.39 is 0 Å². The van der Waals surface area contributed by atoms with E-state index in [2.05, 4.69) is 19.9 Å². The van der Waals surface area contributed by atoms with Gasteiger partial charge in [0.1, 0.15) is 17.2 Å². The van der Waals surface area contributed by atoms with Gasteiger partial charge in [-0.2, -0.15) is 0 Å². The lowest BCUT2D eigenvalue weighted by atomic mass is 10.1. The Morgan fingerprint density at radius 2 is 1.55 bits per heavy atom. The van der Waals surface area contributed by atoms with E-state index in [0.717, 1.165) is 28.4 Å². The normalized spacial score (nSPS) is 12.1. The van der Waals surface area contributed by atoms with Crippen molar-refractivity contribution >= 4 is 0 Å². The van der Waals surface area contributed by atoms with Crippen LogP contribution in [-0.2, 0) is 0 Å². The molecule has 3 heteroatoms. The van der Waals surface area contributed by atoms with Crippen molar-refractivity contribution in [1.29, 1.82) is 0 Å². The molecule has 0 unspecified atom stereocenters. The summed E-state index contributed by atoms with van der Waals surface area (Å²) in [6.45, 7) is 6.05. The van der Waals surface area contributed by atoms with E-state index in [1.54, 1.807) is 7.11 Å². The smallest absolute Gasteiger partial charge is 0.135 e. The van der Waals surface area contributed by atoms with Gasteiger partial charge in [0.2, 0.25) is 0 Å². The molecule has 0 amide bonds. The molecule has 20 heavy (non-hydrogen) atoms.